The number of anilines is 1. The van der Waals surface area contributed by atoms with Gasteiger partial charge in [-0.05, 0) is 29.5 Å². The van der Waals surface area contributed by atoms with Gasteiger partial charge in [0.05, 0.1) is 5.75 Å². The van der Waals surface area contributed by atoms with Crippen molar-refractivity contribution < 1.29 is 17.3 Å². The number of aryl methyl sites for hydroxylation is 1. The lowest BCUT2D eigenvalue weighted by Gasteiger charge is -1.99. The first-order valence-corrected chi connectivity index (χ1v) is 8.84. The van der Waals surface area contributed by atoms with Crippen LogP contribution >= 0.6 is 0 Å². The number of unbranched alkanes of at least 4 members (excludes halogenated alkanes) is 5. The van der Waals surface area contributed by atoms with E-state index in [-0.39, 0.29) is 5.75 Å². The smallest absolute Gasteiger partial charge is 0.297 e. The topological polar surface area (TPSA) is 69.4 Å². The van der Waals surface area contributed by atoms with Crippen molar-refractivity contribution in [2.24, 2.45) is 0 Å². The fraction of sp³-hybridized carbons (Fsp3) is 0.600. The maximum absolute atomic E-state index is 11.3. The Balaban J connectivity index is 0.000000423. The van der Waals surface area contributed by atoms with Crippen LogP contribution in [-0.2, 0) is 14.5 Å². The maximum Gasteiger partial charge on any atom is 0.297 e. The van der Waals surface area contributed by atoms with E-state index in [1.54, 1.807) is 0 Å². The number of benzene rings is 1. The van der Waals surface area contributed by atoms with Crippen LogP contribution in [0.4, 0.5) is 10.2 Å². The van der Waals surface area contributed by atoms with Gasteiger partial charge in [0.25, 0.3) is 10.1 Å². The first-order chi connectivity index (χ1) is 9.93. The number of halogens is 1. The second kappa shape index (κ2) is 11.5. The Morgan fingerprint density at radius 3 is 2.14 bits per heavy atom. The first kappa shape index (κ1) is 19.9. The van der Waals surface area contributed by atoms with Gasteiger partial charge in [0, 0.05) is 5.69 Å². The minimum absolute atomic E-state index is 0.213. The molecule has 0 atom stereocenters. The zero-order valence-corrected chi connectivity index (χ0v) is 13.7. The summed E-state index contributed by atoms with van der Waals surface area (Å²) in [4.78, 5) is 0. The predicted octanol–water partition coefficient (Wildman–Crippen LogP) is 4.16. The van der Waals surface area contributed by atoms with Crippen molar-refractivity contribution in [3.05, 3.63) is 29.8 Å². The number of hydrogen-bond acceptors (Lipinski definition) is 4. The van der Waals surface area contributed by atoms with E-state index >= 15 is 0 Å². The molecule has 0 fully saturated rings. The number of nitrogen functional groups attached to an aromatic ring is 1. The highest BCUT2D eigenvalue weighted by Crippen LogP contribution is 2.07. The monoisotopic (exact) mass is 319 g/mol. The average molecular weight is 319 g/mol. The number of nitrogens with two attached hydrogens (primary N) is 1. The van der Waals surface area contributed by atoms with E-state index in [0.29, 0.717) is 6.42 Å². The molecule has 0 radical (unpaired) electrons. The Labute approximate surface area is 127 Å². The zero-order chi connectivity index (χ0) is 16.1. The Kier molecular flexibility index (Phi) is 10.9. The minimum atomic E-state index is -3.88. The summed E-state index contributed by atoms with van der Waals surface area (Å²) in [6.45, 7) is 4.11. The molecule has 0 saturated heterocycles. The lowest BCUT2D eigenvalue weighted by Crippen LogP contribution is -2.05. The van der Waals surface area contributed by atoms with Crippen molar-refractivity contribution in [1.82, 2.24) is 0 Å². The van der Waals surface area contributed by atoms with Crippen LogP contribution in [0.2, 0.25) is 0 Å². The molecule has 0 saturated carbocycles. The molecule has 1 aromatic rings. The summed E-state index contributed by atoms with van der Waals surface area (Å²) in [5, 5.41) is 0. The molecule has 1 rings (SSSR count). The molecule has 2 N–H and O–H groups in total. The molecular weight excluding hydrogens is 293 g/mol. The van der Waals surface area contributed by atoms with E-state index in [4.69, 9.17) is 5.73 Å². The fourth-order valence-electron chi connectivity index (χ4n) is 1.68. The summed E-state index contributed by atoms with van der Waals surface area (Å²) in [7, 11) is -3.88. The summed E-state index contributed by atoms with van der Waals surface area (Å²) < 4.78 is 35.1. The molecule has 0 amide bonds. The van der Waals surface area contributed by atoms with Gasteiger partial charge in [-0.15, -0.1) is 0 Å². The number of para-hydroxylation sites is 1. The summed E-state index contributed by atoms with van der Waals surface area (Å²) in [6, 6.07) is 7.80. The predicted molar refractivity (Wildman–Crippen MR) is 84.9 cm³/mol. The SMILES string of the molecule is CCCCCCCCS(=O)(=O)OF.Cc1ccccc1N. The molecule has 0 aromatic heterocycles. The van der Waals surface area contributed by atoms with E-state index in [2.05, 4.69) is 11.3 Å². The van der Waals surface area contributed by atoms with Crippen LogP contribution in [0.3, 0.4) is 0 Å². The lowest BCUT2D eigenvalue weighted by atomic mass is 10.1. The third-order valence-corrected chi connectivity index (χ3v) is 4.01. The Hall–Kier alpha value is -1.14. The third kappa shape index (κ3) is 11.2. The molecule has 0 spiro atoms. The number of hydrogen-bond donors (Lipinski definition) is 1. The molecule has 0 aliphatic carbocycles. The van der Waals surface area contributed by atoms with Crippen molar-refractivity contribution in [2.75, 3.05) is 11.5 Å². The van der Waals surface area contributed by atoms with Gasteiger partial charge in [0.1, 0.15) is 0 Å². The standard InChI is InChI=1S/C8H17FO3S.C7H9N/c1-2-3-4-5-6-7-8-13(10,11)12-9;1-6-4-2-3-5-7(6)8/h2-8H2,1H3;2-5H,8H2,1H3. The molecule has 21 heavy (non-hydrogen) atoms. The first-order valence-electron chi connectivity index (χ1n) is 7.27. The van der Waals surface area contributed by atoms with Gasteiger partial charge >= 0.3 is 0 Å². The van der Waals surface area contributed by atoms with Gasteiger partial charge in [-0.25, -0.2) is 0 Å². The summed E-state index contributed by atoms with van der Waals surface area (Å²) in [5.41, 5.74) is 7.53. The van der Waals surface area contributed by atoms with Gasteiger partial charge in [0.2, 0.25) is 0 Å². The van der Waals surface area contributed by atoms with Crippen molar-refractivity contribution >= 4 is 15.8 Å². The van der Waals surface area contributed by atoms with Crippen LogP contribution in [0, 0.1) is 6.92 Å². The molecule has 0 bridgehead atoms. The van der Waals surface area contributed by atoms with Gasteiger partial charge < -0.3 is 5.73 Å². The Bertz CT molecular complexity index is 457. The lowest BCUT2D eigenvalue weighted by molar-refractivity contribution is 0.00288. The maximum atomic E-state index is 11.3. The summed E-state index contributed by atoms with van der Waals surface area (Å²) in [5.74, 6) is -0.213. The quantitative estimate of drug-likeness (QED) is 0.577. The van der Waals surface area contributed by atoms with Crippen LogP contribution in [0.1, 0.15) is 51.0 Å². The third-order valence-electron chi connectivity index (χ3n) is 3.03. The van der Waals surface area contributed by atoms with Crippen LogP contribution in [0.25, 0.3) is 0 Å². The Morgan fingerprint density at radius 2 is 1.67 bits per heavy atom. The van der Waals surface area contributed by atoms with Crippen LogP contribution in [0.5, 0.6) is 0 Å². The summed E-state index contributed by atoms with van der Waals surface area (Å²) >= 11 is 0. The van der Waals surface area contributed by atoms with Crippen molar-refractivity contribution in [3.63, 3.8) is 0 Å². The van der Waals surface area contributed by atoms with Gasteiger partial charge in [-0.2, -0.15) is 8.42 Å². The zero-order valence-electron chi connectivity index (χ0n) is 12.8. The summed E-state index contributed by atoms with van der Waals surface area (Å²) in [6.07, 6.45) is 5.76. The van der Waals surface area contributed by atoms with Crippen molar-refractivity contribution in [2.45, 2.75) is 52.4 Å². The molecule has 6 heteroatoms. The Morgan fingerprint density at radius 1 is 1.10 bits per heavy atom. The molecule has 0 aliphatic heterocycles. The molecule has 0 unspecified atom stereocenters. The second-order valence-electron chi connectivity index (χ2n) is 4.95. The molecule has 0 aliphatic rings. The molecular formula is C15H26FNO3S. The fourth-order valence-corrected chi connectivity index (χ4v) is 2.30. The highest BCUT2D eigenvalue weighted by atomic mass is 32.2. The van der Waals surface area contributed by atoms with Crippen LogP contribution < -0.4 is 5.73 Å². The number of rotatable bonds is 8. The highest BCUT2D eigenvalue weighted by Gasteiger charge is 2.09. The van der Waals surface area contributed by atoms with Crippen LogP contribution in [0.15, 0.2) is 24.3 Å². The second-order valence-corrected chi connectivity index (χ2v) is 6.60. The minimum Gasteiger partial charge on any atom is -0.399 e. The van der Waals surface area contributed by atoms with E-state index in [9.17, 15) is 12.9 Å². The molecule has 122 valence electrons. The van der Waals surface area contributed by atoms with E-state index in [0.717, 1.165) is 36.9 Å². The van der Waals surface area contributed by atoms with E-state index < -0.39 is 10.1 Å². The van der Waals surface area contributed by atoms with E-state index in [1.165, 1.54) is 6.42 Å². The van der Waals surface area contributed by atoms with Gasteiger partial charge in [-0.3, -0.25) is 0 Å². The van der Waals surface area contributed by atoms with Crippen LogP contribution in [-0.4, -0.2) is 14.2 Å². The van der Waals surface area contributed by atoms with Gasteiger partial charge in [0.15, 0.2) is 0 Å². The molecule has 4 nitrogen and oxygen atoms in total. The molecule has 1 aromatic carbocycles. The van der Waals surface area contributed by atoms with E-state index in [1.807, 2.05) is 31.2 Å². The van der Waals surface area contributed by atoms with Gasteiger partial charge in [-0.1, -0.05) is 61.6 Å². The largest absolute Gasteiger partial charge is 0.399 e. The normalized spacial score (nSPS) is 10.8. The average Bonchev–Trinajstić information content (AvgIpc) is 2.46. The molecule has 0 heterocycles. The van der Waals surface area contributed by atoms with Crippen molar-refractivity contribution in [1.29, 1.82) is 0 Å². The highest BCUT2D eigenvalue weighted by molar-refractivity contribution is 7.86. The van der Waals surface area contributed by atoms with Crippen molar-refractivity contribution in [3.8, 4) is 0 Å².